The first-order chi connectivity index (χ1) is 10.8. The number of hydrogen-bond acceptors (Lipinski definition) is 2. The van der Waals surface area contributed by atoms with Gasteiger partial charge in [-0.3, -0.25) is 4.79 Å². The number of ether oxygens (including phenoxy) is 1. The number of carbonyl (C=O) groups excluding carboxylic acids is 1. The summed E-state index contributed by atoms with van der Waals surface area (Å²) >= 11 is 0. The molecule has 1 aliphatic rings. The van der Waals surface area contributed by atoms with Crippen LogP contribution in [-0.4, -0.2) is 12.9 Å². The highest BCUT2D eigenvalue weighted by Crippen LogP contribution is 2.37. The Morgan fingerprint density at radius 3 is 2.36 bits per heavy atom. The van der Waals surface area contributed by atoms with Crippen molar-refractivity contribution in [2.75, 3.05) is 7.11 Å². The number of ketones is 1. The standard InChI is InChI=1S/C20H14O2/c1-22-18-12-14-8-5-9-16-15(13-6-3-2-4-7-13)10-11-17(19(14)16)20(18)21/h2-12H,1H3. The Labute approximate surface area is 128 Å². The normalized spacial score (nSPS) is 13.1. The van der Waals surface area contributed by atoms with Gasteiger partial charge in [0.05, 0.1) is 7.11 Å². The predicted molar refractivity (Wildman–Crippen MR) is 88.7 cm³/mol. The molecule has 106 valence electrons. The van der Waals surface area contributed by atoms with E-state index in [0.29, 0.717) is 11.3 Å². The second kappa shape index (κ2) is 4.85. The highest BCUT2D eigenvalue weighted by Gasteiger charge is 2.23. The van der Waals surface area contributed by atoms with E-state index in [9.17, 15) is 4.79 Å². The van der Waals surface area contributed by atoms with Crippen LogP contribution in [0.1, 0.15) is 15.9 Å². The zero-order chi connectivity index (χ0) is 15.1. The number of methoxy groups -OCH3 is 1. The van der Waals surface area contributed by atoms with Crippen LogP contribution in [0.4, 0.5) is 0 Å². The fourth-order valence-corrected chi connectivity index (χ4v) is 3.11. The van der Waals surface area contributed by atoms with Gasteiger partial charge in [-0.25, -0.2) is 0 Å². The van der Waals surface area contributed by atoms with Crippen molar-refractivity contribution in [2.45, 2.75) is 0 Å². The summed E-state index contributed by atoms with van der Waals surface area (Å²) in [5.41, 5.74) is 4.04. The summed E-state index contributed by atoms with van der Waals surface area (Å²) in [7, 11) is 1.53. The van der Waals surface area contributed by atoms with Crippen molar-refractivity contribution in [1.82, 2.24) is 0 Å². The molecule has 4 rings (SSSR count). The van der Waals surface area contributed by atoms with Crippen LogP contribution in [-0.2, 0) is 4.74 Å². The van der Waals surface area contributed by atoms with Gasteiger partial charge >= 0.3 is 0 Å². The molecule has 0 bridgehead atoms. The first-order valence-corrected chi connectivity index (χ1v) is 7.21. The molecule has 0 heterocycles. The summed E-state index contributed by atoms with van der Waals surface area (Å²) in [6, 6.07) is 20.3. The molecule has 0 aromatic heterocycles. The highest BCUT2D eigenvalue weighted by molar-refractivity contribution is 6.23. The SMILES string of the molecule is COC1=Cc2cccc3c(-c4ccccc4)ccc(c23)C1=O. The van der Waals surface area contributed by atoms with Crippen molar-refractivity contribution in [1.29, 1.82) is 0 Å². The molecule has 0 saturated carbocycles. The monoisotopic (exact) mass is 286 g/mol. The zero-order valence-electron chi connectivity index (χ0n) is 12.2. The lowest BCUT2D eigenvalue weighted by Gasteiger charge is -2.18. The fraction of sp³-hybridized carbons (Fsp3) is 0.0500. The summed E-state index contributed by atoms with van der Waals surface area (Å²) < 4.78 is 5.22. The minimum Gasteiger partial charge on any atom is -0.493 e. The van der Waals surface area contributed by atoms with Gasteiger partial charge < -0.3 is 4.74 Å². The van der Waals surface area contributed by atoms with E-state index in [1.807, 2.05) is 48.5 Å². The smallest absolute Gasteiger partial charge is 0.228 e. The molecule has 0 unspecified atom stereocenters. The van der Waals surface area contributed by atoms with Crippen LogP contribution in [0.5, 0.6) is 0 Å². The minimum absolute atomic E-state index is 0.0502. The third-order valence-electron chi connectivity index (χ3n) is 4.13. The third kappa shape index (κ3) is 1.77. The molecule has 3 aromatic rings. The maximum Gasteiger partial charge on any atom is 0.228 e. The van der Waals surface area contributed by atoms with Gasteiger partial charge in [0.2, 0.25) is 5.78 Å². The van der Waals surface area contributed by atoms with E-state index in [2.05, 4.69) is 18.2 Å². The van der Waals surface area contributed by atoms with Crippen molar-refractivity contribution in [2.24, 2.45) is 0 Å². The minimum atomic E-state index is -0.0502. The molecular formula is C20H14O2. The Kier molecular flexibility index (Phi) is 2.83. The molecule has 1 aliphatic carbocycles. The van der Waals surface area contributed by atoms with Crippen LogP contribution in [0, 0.1) is 0 Å². The summed E-state index contributed by atoms with van der Waals surface area (Å²) in [6.07, 6.45) is 1.83. The zero-order valence-corrected chi connectivity index (χ0v) is 12.2. The summed E-state index contributed by atoms with van der Waals surface area (Å²) in [5.74, 6) is 0.346. The van der Waals surface area contributed by atoms with Crippen LogP contribution in [0.2, 0.25) is 0 Å². The van der Waals surface area contributed by atoms with Crippen molar-refractivity contribution in [3.63, 3.8) is 0 Å². The van der Waals surface area contributed by atoms with Crippen LogP contribution < -0.4 is 0 Å². The van der Waals surface area contributed by atoms with Gasteiger partial charge in [0.25, 0.3) is 0 Å². The number of allylic oxidation sites excluding steroid dienone is 1. The summed E-state index contributed by atoms with van der Waals surface area (Å²) in [6.45, 7) is 0. The fourth-order valence-electron chi connectivity index (χ4n) is 3.11. The Morgan fingerprint density at radius 2 is 1.59 bits per heavy atom. The topological polar surface area (TPSA) is 26.3 Å². The maximum absolute atomic E-state index is 12.5. The van der Waals surface area contributed by atoms with Crippen LogP contribution >= 0.6 is 0 Å². The number of benzene rings is 3. The van der Waals surface area contributed by atoms with Crippen molar-refractivity contribution >= 4 is 22.6 Å². The maximum atomic E-state index is 12.5. The molecule has 0 N–H and O–H groups in total. The van der Waals surface area contributed by atoms with Gasteiger partial charge in [0, 0.05) is 10.9 Å². The first-order valence-electron chi connectivity index (χ1n) is 7.21. The Hall–Kier alpha value is -2.87. The van der Waals surface area contributed by atoms with Gasteiger partial charge in [-0.15, -0.1) is 0 Å². The molecule has 2 heteroatoms. The lowest BCUT2D eigenvalue weighted by Crippen LogP contribution is -2.10. The molecule has 0 spiro atoms. The molecule has 0 atom stereocenters. The van der Waals surface area contributed by atoms with E-state index >= 15 is 0 Å². The first kappa shape index (κ1) is 12.8. The van der Waals surface area contributed by atoms with Crippen molar-refractivity contribution in [3.8, 4) is 11.1 Å². The van der Waals surface area contributed by atoms with Crippen LogP contribution in [0.3, 0.4) is 0 Å². The van der Waals surface area contributed by atoms with E-state index in [0.717, 1.165) is 27.5 Å². The molecule has 0 amide bonds. The van der Waals surface area contributed by atoms with E-state index in [-0.39, 0.29) is 5.78 Å². The Bertz CT molecular complexity index is 921. The average molecular weight is 286 g/mol. The van der Waals surface area contributed by atoms with Crippen molar-refractivity contribution < 1.29 is 9.53 Å². The van der Waals surface area contributed by atoms with Gasteiger partial charge in [0.15, 0.2) is 5.76 Å². The molecule has 3 aromatic carbocycles. The Morgan fingerprint density at radius 1 is 0.818 bits per heavy atom. The lowest BCUT2D eigenvalue weighted by atomic mass is 9.87. The number of rotatable bonds is 2. The molecule has 0 fully saturated rings. The lowest BCUT2D eigenvalue weighted by molar-refractivity contribution is 0.0957. The van der Waals surface area contributed by atoms with Crippen LogP contribution in [0.25, 0.3) is 28.0 Å². The Balaban J connectivity index is 2.08. The molecule has 0 saturated heterocycles. The van der Waals surface area contributed by atoms with Crippen molar-refractivity contribution in [3.05, 3.63) is 77.5 Å². The molecular weight excluding hydrogens is 272 g/mol. The van der Waals surface area contributed by atoms with Gasteiger partial charge in [0.1, 0.15) is 0 Å². The van der Waals surface area contributed by atoms with E-state index < -0.39 is 0 Å². The molecule has 0 aliphatic heterocycles. The highest BCUT2D eigenvalue weighted by atomic mass is 16.5. The molecule has 22 heavy (non-hydrogen) atoms. The number of hydrogen-bond donors (Lipinski definition) is 0. The number of carbonyl (C=O) groups is 1. The van der Waals surface area contributed by atoms with Crippen LogP contribution in [0.15, 0.2) is 66.4 Å². The number of Topliss-reactive ketones (excluding diaryl/α,β-unsaturated/α-hetero) is 1. The van der Waals surface area contributed by atoms with E-state index in [1.165, 1.54) is 7.11 Å². The summed E-state index contributed by atoms with van der Waals surface area (Å²) in [4.78, 5) is 12.5. The van der Waals surface area contributed by atoms with E-state index in [1.54, 1.807) is 0 Å². The molecule has 2 nitrogen and oxygen atoms in total. The quantitative estimate of drug-likeness (QED) is 0.683. The van der Waals surface area contributed by atoms with Gasteiger partial charge in [-0.1, -0.05) is 54.6 Å². The largest absolute Gasteiger partial charge is 0.493 e. The second-order valence-electron chi connectivity index (χ2n) is 5.34. The molecule has 0 radical (unpaired) electrons. The van der Waals surface area contributed by atoms with Gasteiger partial charge in [-0.2, -0.15) is 0 Å². The summed E-state index contributed by atoms with van der Waals surface area (Å²) in [5, 5.41) is 2.11. The average Bonchev–Trinajstić information content (AvgIpc) is 2.58. The second-order valence-corrected chi connectivity index (χ2v) is 5.34. The predicted octanol–water partition coefficient (Wildman–Crippen LogP) is 4.69. The van der Waals surface area contributed by atoms with Gasteiger partial charge in [-0.05, 0) is 34.2 Å². The third-order valence-corrected chi connectivity index (χ3v) is 4.13. The van der Waals surface area contributed by atoms with E-state index in [4.69, 9.17) is 4.74 Å².